The summed E-state index contributed by atoms with van der Waals surface area (Å²) < 4.78 is 22.5. The van der Waals surface area contributed by atoms with Gasteiger partial charge in [0.25, 0.3) is 5.91 Å². The largest absolute Gasteiger partial charge is 0.497 e. The van der Waals surface area contributed by atoms with Crippen molar-refractivity contribution in [2.75, 3.05) is 33.2 Å². The Morgan fingerprint density at radius 3 is 2.78 bits per heavy atom. The third-order valence-electron chi connectivity index (χ3n) is 5.66. The van der Waals surface area contributed by atoms with Gasteiger partial charge in [-0.15, -0.1) is 16.9 Å². The van der Waals surface area contributed by atoms with Gasteiger partial charge in [0.15, 0.2) is 5.82 Å². The second-order valence-electron chi connectivity index (χ2n) is 7.99. The SMILES string of the molecule is C=CCOC(=O)N[C@@H]1C(=O)N2C(c3nnnn3Cc3ccc(OC)cc3OC)=C(COC(C)=O)CS[C@H]12. The number of nitrogens with one attached hydrogen (secondary N) is 1. The third-order valence-corrected chi connectivity index (χ3v) is 7.00. The molecule has 3 heterocycles. The molecule has 196 valence electrons. The van der Waals surface area contributed by atoms with Crippen molar-refractivity contribution >= 4 is 35.4 Å². The lowest BCUT2D eigenvalue weighted by atomic mass is 10.0. The molecule has 2 aromatic rings. The Morgan fingerprint density at radius 1 is 1.27 bits per heavy atom. The first-order valence-electron chi connectivity index (χ1n) is 11.2. The van der Waals surface area contributed by atoms with Crippen LogP contribution in [0.1, 0.15) is 18.3 Å². The quantitative estimate of drug-likeness (QED) is 0.268. The molecule has 2 amide bonds. The number of carbonyl (C=O) groups excluding carboxylic acids is 3. The number of thioether (sulfide) groups is 1. The third kappa shape index (κ3) is 5.38. The van der Waals surface area contributed by atoms with Gasteiger partial charge < -0.3 is 24.3 Å². The molecule has 1 aromatic carbocycles. The van der Waals surface area contributed by atoms with E-state index in [1.54, 1.807) is 26.4 Å². The van der Waals surface area contributed by atoms with Gasteiger partial charge in [-0.2, -0.15) is 0 Å². The number of nitrogens with zero attached hydrogens (tertiary/aromatic N) is 5. The fourth-order valence-corrected chi connectivity index (χ4v) is 5.25. The van der Waals surface area contributed by atoms with E-state index in [0.717, 1.165) is 5.56 Å². The molecule has 14 heteroatoms. The molecular formula is C23H26N6O7S. The zero-order chi connectivity index (χ0) is 26.5. The fourth-order valence-electron chi connectivity index (χ4n) is 3.92. The minimum Gasteiger partial charge on any atom is -0.497 e. The topological polar surface area (TPSA) is 147 Å². The first-order chi connectivity index (χ1) is 17.9. The van der Waals surface area contributed by atoms with Crippen molar-refractivity contribution in [3.63, 3.8) is 0 Å². The summed E-state index contributed by atoms with van der Waals surface area (Å²) in [6.07, 6.45) is 0.718. The van der Waals surface area contributed by atoms with E-state index >= 15 is 0 Å². The van der Waals surface area contributed by atoms with Crippen LogP contribution in [-0.4, -0.2) is 87.7 Å². The Morgan fingerprint density at radius 2 is 2.08 bits per heavy atom. The van der Waals surface area contributed by atoms with Gasteiger partial charge in [0.2, 0.25) is 0 Å². The number of benzene rings is 1. The predicted molar refractivity (Wildman–Crippen MR) is 132 cm³/mol. The average molecular weight is 531 g/mol. The standard InChI is InChI=1S/C23H26N6O7S/c1-5-8-35-23(32)24-18-21(31)29-19(15(11-36-13(2)30)12-37-22(18)29)20-25-26-27-28(20)10-14-6-7-16(33-3)9-17(14)34-4/h5-7,9,18,22H,1,8,10-12H2,2-4H3,(H,24,32)/t18-,22-/m1/s1. The van der Waals surface area contributed by atoms with Crippen molar-refractivity contribution in [2.45, 2.75) is 24.9 Å². The van der Waals surface area contributed by atoms with Crippen LogP contribution in [0.15, 0.2) is 36.4 Å². The van der Waals surface area contributed by atoms with Crippen molar-refractivity contribution < 1.29 is 33.3 Å². The molecule has 0 aliphatic carbocycles. The van der Waals surface area contributed by atoms with Gasteiger partial charge in [-0.25, -0.2) is 9.48 Å². The van der Waals surface area contributed by atoms with Gasteiger partial charge in [0.05, 0.1) is 26.5 Å². The number of ether oxygens (including phenoxy) is 4. The summed E-state index contributed by atoms with van der Waals surface area (Å²) in [7, 11) is 3.11. The molecule has 0 saturated carbocycles. The highest BCUT2D eigenvalue weighted by Gasteiger charge is 2.54. The minimum absolute atomic E-state index is 0.0234. The van der Waals surface area contributed by atoms with Gasteiger partial charge in [-0.05, 0) is 22.6 Å². The summed E-state index contributed by atoms with van der Waals surface area (Å²) in [5.41, 5.74) is 1.88. The number of esters is 1. The normalized spacial score (nSPS) is 18.5. The Kier molecular flexibility index (Phi) is 7.96. The maximum absolute atomic E-state index is 13.2. The van der Waals surface area contributed by atoms with Crippen molar-refractivity contribution in [1.82, 2.24) is 30.4 Å². The number of β-lactam (4-membered cyclic amide) rings is 1. The van der Waals surface area contributed by atoms with Gasteiger partial charge in [0.1, 0.15) is 36.1 Å². The summed E-state index contributed by atoms with van der Waals surface area (Å²) in [4.78, 5) is 38.3. The lowest BCUT2D eigenvalue weighted by molar-refractivity contribution is -0.140. The van der Waals surface area contributed by atoms with E-state index in [4.69, 9.17) is 18.9 Å². The summed E-state index contributed by atoms with van der Waals surface area (Å²) in [5, 5.41) is 14.3. The van der Waals surface area contributed by atoms with Crippen LogP contribution in [0.3, 0.4) is 0 Å². The molecule has 0 spiro atoms. The maximum Gasteiger partial charge on any atom is 0.408 e. The molecule has 13 nitrogen and oxygen atoms in total. The van der Waals surface area contributed by atoms with E-state index in [2.05, 4.69) is 27.4 Å². The Bertz CT molecular complexity index is 1250. The van der Waals surface area contributed by atoms with Gasteiger partial charge in [-0.1, -0.05) is 12.7 Å². The van der Waals surface area contributed by atoms with Crippen molar-refractivity contribution in [3.05, 3.63) is 47.8 Å². The monoisotopic (exact) mass is 530 g/mol. The lowest BCUT2D eigenvalue weighted by Gasteiger charge is -2.49. The Hall–Kier alpha value is -4.07. The molecule has 0 unspecified atom stereocenters. The fraction of sp³-hybridized carbons (Fsp3) is 0.391. The van der Waals surface area contributed by atoms with Gasteiger partial charge in [0, 0.05) is 29.9 Å². The Labute approximate surface area is 216 Å². The number of alkyl carbamates (subject to hydrolysis) is 1. The summed E-state index contributed by atoms with van der Waals surface area (Å²) >= 11 is 1.43. The van der Waals surface area contributed by atoms with Crippen LogP contribution in [0.2, 0.25) is 0 Å². The first-order valence-corrected chi connectivity index (χ1v) is 12.2. The maximum atomic E-state index is 13.2. The van der Waals surface area contributed by atoms with E-state index in [9.17, 15) is 14.4 Å². The summed E-state index contributed by atoms with van der Waals surface area (Å²) in [5.74, 6) is 1.13. The molecule has 2 aliphatic rings. The van der Waals surface area contributed by atoms with E-state index in [1.165, 1.54) is 34.3 Å². The molecule has 1 fully saturated rings. The minimum atomic E-state index is -0.793. The number of hydrogen-bond acceptors (Lipinski definition) is 11. The van der Waals surface area contributed by atoms with Crippen LogP contribution in [0.5, 0.6) is 11.5 Å². The zero-order valence-corrected chi connectivity index (χ0v) is 21.3. The van der Waals surface area contributed by atoms with Crippen LogP contribution >= 0.6 is 11.8 Å². The highest BCUT2D eigenvalue weighted by molar-refractivity contribution is 8.00. The molecule has 1 aromatic heterocycles. The van der Waals surface area contributed by atoms with Crippen molar-refractivity contribution in [1.29, 1.82) is 0 Å². The van der Waals surface area contributed by atoms with Crippen LogP contribution < -0.4 is 14.8 Å². The second-order valence-corrected chi connectivity index (χ2v) is 9.09. The number of tetrazole rings is 1. The number of amides is 2. The van der Waals surface area contributed by atoms with Gasteiger partial charge in [-0.3, -0.25) is 14.5 Å². The molecule has 0 radical (unpaired) electrons. The van der Waals surface area contributed by atoms with E-state index in [1.807, 2.05) is 6.07 Å². The van der Waals surface area contributed by atoms with Gasteiger partial charge >= 0.3 is 12.1 Å². The summed E-state index contributed by atoms with van der Waals surface area (Å²) in [6.45, 7) is 5.03. The zero-order valence-electron chi connectivity index (χ0n) is 20.5. The van der Waals surface area contributed by atoms with Crippen LogP contribution in [0, 0.1) is 0 Å². The molecule has 2 aliphatic heterocycles. The average Bonchev–Trinajstić information content (AvgIpc) is 3.36. The van der Waals surface area contributed by atoms with Crippen LogP contribution in [0.25, 0.3) is 5.70 Å². The molecule has 4 rings (SSSR count). The molecule has 37 heavy (non-hydrogen) atoms. The second kappa shape index (κ2) is 11.3. The molecule has 1 saturated heterocycles. The molecule has 0 bridgehead atoms. The first kappa shape index (κ1) is 26.0. The van der Waals surface area contributed by atoms with Crippen molar-refractivity contribution in [3.8, 4) is 11.5 Å². The lowest BCUT2D eigenvalue weighted by Crippen LogP contribution is -2.69. The molecule has 1 N–H and O–H groups in total. The summed E-state index contributed by atoms with van der Waals surface area (Å²) in [6, 6.07) is 4.58. The number of methoxy groups -OCH3 is 2. The smallest absolute Gasteiger partial charge is 0.408 e. The van der Waals surface area contributed by atoms with E-state index in [-0.39, 0.29) is 25.7 Å². The van der Waals surface area contributed by atoms with Crippen molar-refractivity contribution in [2.24, 2.45) is 0 Å². The number of aromatic nitrogens is 4. The molecule has 2 atom stereocenters. The molecular weight excluding hydrogens is 504 g/mol. The van der Waals surface area contributed by atoms with E-state index < -0.39 is 23.5 Å². The number of carbonyl (C=O) groups is 3. The number of fused-ring (bicyclic) bond motifs is 1. The Balaban J connectivity index is 1.65. The highest BCUT2D eigenvalue weighted by Crippen LogP contribution is 2.43. The number of rotatable bonds is 10. The number of hydrogen-bond donors (Lipinski definition) is 1. The van der Waals surface area contributed by atoms with Crippen LogP contribution in [-0.2, 0) is 25.6 Å². The predicted octanol–water partition coefficient (Wildman–Crippen LogP) is 1.21. The van der Waals surface area contributed by atoms with Crippen LogP contribution in [0.4, 0.5) is 4.79 Å². The highest BCUT2D eigenvalue weighted by atomic mass is 32.2. The van der Waals surface area contributed by atoms with E-state index in [0.29, 0.717) is 34.3 Å².